The van der Waals surface area contributed by atoms with E-state index in [1.807, 2.05) is 13.8 Å². The van der Waals surface area contributed by atoms with E-state index in [2.05, 4.69) is 15.0 Å². The summed E-state index contributed by atoms with van der Waals surface area (Å²) in [6, 6.07) is 2.55. The van der Waals surface area contributed by atoms with Gasteiger partial charge in [0.1, 0.15) is 11.0 Å². The molecule has 1 N–H and O–H groups in total. The molecule has 2 fully saturated rings. The fourth-order valence-electron chi connectivity index (χ4n) is 3.50. The Balaban J connectivity index is 1.78. The number of alkyl halides is 3. The molecule has 1 atom stereocenters. The number of nitrogens with zero attached hydrogens (tertiary/aromatic N) is 1. The number of ether oxygens (including phenoxy) is 1. The minimum atomic E-state index is -4.84. The largest absolute Gasteiger partial charge is 0.573 e. The molecule has 0 radical (unpaired) electrons. The Bertz CT molecular complexity index is 818. The van der Waals surface area contributed by atoms with E-state index in [0.29, 0.717) is 10.6 Å². The van der Waals surface area contributed by atoms with Crippen LogP contribution in [0.3, 0.4) is 0 Å². The van der Waals surface area contributed by atoms with Gasteiger partial charge in [-0.1, -0.05) is 25.4 Å². The molecule has 1 spiro atoms. The van der Waals surface area contributed by atoms with Crippen LogP contribution >= 0.6 is 23.4 Å². The molecule has 1 aromatic rings. The van der Waals surface area contributed by atoms with Crippen LogP contribution in [-0.2, 0) is 4.79 Å². The van der Waals surface area contributed by atoms with Gasteiger partial charge in [0.25, 0.3) is 0 Å². The lowest BCUT2D eigenvalue weighted by Gasteiger charge is -2.45. The molecule has 1 saturated carbocycles. The first-order valence-corrected chi connectivity index (χ1v) is 8.95. The maximum Gasteiger partial charge on any atom is 0.573 e. The summed E-state index contributed by atoms with van der Waals surface area (Å²) in [5.74, 6) is -0.646. The molecule has 25 heavy (non-hydrogen) atoms. The van der Waals surface area contributed by atoms with Gasteiger partial charge in [-0.15, -0.1) is 24.9 Å². The first-order chi connectivity index (χ1) is 11.5. The molecular weight excluding hydrogens is 377 g/mol. The number of rotatable bonds is 1. The van der Waals surface area contributed by atoms with Crippen molar-refractivity contribution in [2.75, 3.05) is 0 Å². The van der Waals surface area contributed by atoms with Crippen LogP contribution < -0.4 is 10.1 Å². The second-order valence-corrected chi connectivity index (χ2v) is 8.54. The van der Waals surface area contributed by atoms with Crippen molar-refractivity contribution >= 4 is 40.7 Å². The zero-order chi connectivity index (χ0) is 18.2. The van der Waals surface area contributed by atoms with Crippen molar-refractivity contribution in [2.45, 2.75) is 48.7 Å². The van der Waals surface area contributed by atoms with Crippen LogP contribution in [0.15, 0.2) is 22.0 Å². The van der Waals surface area contributed by atoms with E-state index in [4.69, 9.17) is 11.6 Å². The van der Waals surface area contributed by atoms with E-state index in [1.165, 1.54) is 23.9 Å². The van der Waals surface area contributed by atoms with Crippen molar-refractivity contribution in [2.24, 2.45) is 10.4 Å². The van der Waals surface area contributed by atoms with E-state index < -0.39 is 17.4 Å². The lowest BCUT2D eigenvalue weighted by atomic mass is 9.73. The highest BCUT2D eigenvalue weighted by molar-refractivity contribution is 8.01. The van der Waals surface area contributed by atoms with E-state index >= 15 is 0 Å². The number of hydrogen-bond acceptors (Lipinski definition) is 4. The number of amides is 1. The van der Waals surface area contributed by atoms with Gasteiger partial charge in [0.05, 0.1) is 16.2 Å². The molecule has 1 aliphatic carbocycles. The molecule has 0 bridgehead atoms. The molecule has 134 valence electrons. The molecule has 4 rings (SSSR count). The Labute approximate surface area is 151 Å². The Hall–Kier alpha value is -1.41. The number of halogens is 4. The number of thioether (sulfide) groups is 1. The van der Waals surface area contributed by atoms with Gasteiger partial charge in [-0.3, -0.25) is 9.79 Å². The summed E-state index contributed by atoms with van der Waals surface area (Å²) >= 11 is 7.11. The van der Waals surface area contributed by atoms with E-state index in [9.17, 15) is 18.0 Å². The van der Waals surface area contributed by atoms with Crippen molar-refractivity contribution < 1.29 is 22.7 Å². The van der Waals surface area contributed by atoms with Crippen LogP contribution in [0, 0.1) is 5.41 Å². The van der Waals surface area contributed by atoms with Gasteiger partial charge in [0, 0.05) is 16.0 Å². The molecule has 1 unspecified atom stereocenters. The highest BCUT2D eigenvalue weighted by Gasteiger charge is 2.63. The van der Waals surface area contributed by atoms with Crippen LogP contribution in [0.4, 0.5) is 18.9 Å². The van der Waals surface area contributed by atoms with E-state index in [-0.39, 0.29) is 21.9 Å². The molecule has 2 aliphatic heterocycles. The fourth-order valence-corrected chi connectivity index (χ4v) is 4.98. The number of hydrogen-bond donors (Lipinski definition) is 1. The van der Waals surface area contributed by atoms with Crippen LogP contribution in [0.25, 0.3) is 0 Å². The Morgan fingerprint density at radius 3 is 2.64 bits per heavy atom. The molecular formula is C16H14ClF3N2O2S. The summed E-state index contributed by atoms with van der Waals surface area (Å²) in [5, 5.41) is 2.34. The second kappa shape index (κ2) is 5.07. The van der Waals surface area contributed by atoms with Crippen molar-refractivity contribution in [1.82, 2.24) is 5.32 Å². The highest BCUT2D eigenvalue weighted by atomic mass is 35.5. The fraction of sp³-hybridized carbons (Fsp3) is 0.500. The molecule has 1 amide bonds. The lowest BCUT2D eigenvalue weighted by Crippen LogP contribution is -2.63. The Morgan fingerprint density at radius 2 is 2.04 bits per heavy atom. The molecule has 2 heterocycles. The van der Waals surface area contributed by atoms with Crippen LogP contribution in [-0.4, -0.2) is 28.8 Å². The lowest BCUT2D eigenvalue weighted by molar-refractivity contribution is -0.274. The van der Waals surface area contributed by atoms with Crippen LogP contribution in [0.5, 0.6) is 5.75 Å². The third kappa shape index (κ3) is 2.61. The number of piperidine rings is 1. The van der Waals surface area contributed by atoms with Gasteiger partial charge >= 0.3 is 6.36 Å². The van der Waals surface area contributed by atoms with Gasteiger partial charge in [-0.2, -0.15) is 0 Å². The summed E-state index contributed by atoms with van der Waals surface area (Å²) in [7, 11) is 0. The van der Waals surface area contributed by atoms with Gasteiger partial charge in [0.15, 0.2) is 0 Å². The summed E-state index contributed by atoms with van der Waals surface area (Å²) in [5.41, 5.74) is 0.617. The van der Waals surface area contributed by atoms with Gasteiger partial charge in [0.2, 0.25) is 5.91 Å². The minimum Gasteiger partial charge on any atom is -0.404 e. The molecule has 4 nitrogen and oxygen atoms in total. The van der Waals surface area contributed by atoms with Gasteiger partial charge in [-0.05, 0) is 25.0 Å². The third-order valence-corrected chi connectivity index (χ3v) is 6.71. The molecule has 1 aromatic carbocycles. The number of carbonyl (C=O) groups is 1. The zero-order valence-electron chi connectivity index (χ0n) is 13.3. The number of carbonyl (C=O) groups excluding carboxylic acids is 1. The van der Waals surface area contributed by atoms with Crippen molar-refractivity contribution in [3.63, 3.8) is 0 Å². The van der Waals surface area contributed by atoms with Crippen molar-refractivity contribution in [3.8, 4) is 5.75 Å². The number of nitrogens with one attached hydrogen (secondary N) is 1. The summed E-state index contributed by atoms with van der Waals surface area (Å²) < 4.78 is 41.4. The maximum absolute atomic E-state index is 12.5. The van der Waals surface area contributed by atoms with Crippen LogP contribution in [0.2, 0.25) is 5.02 Å². The second-order valence-electron chi connectivity index (χ2n) is 6.99. The average Bonchev–Trinajstić information content (AvgIpc) is 3.25. The molecule has 9 heteroatoms. The summed E-state index contributed by atoms with van der Waals surface area (Å²) in [6.07, 6.45) is -3.05. The Morgan fingerprint density at radius 1 is 1.36 bits per heavy atom. The third-order valence-electron chi connectivity index (χ3n) is 5.16. The zero-order valence-corrected chi connectivity index (χ0v) is 14.9. The van der Waals surface area contributed by atoms with Crippen molar-refractivity contribution in [3.05, 3.63) is 17.2 Å². The molecule has 3 aliphatic rings. The predicted molar refractivity (Wildman–Crippen MR) is 88.8 cm³/mol. The maximum atomic E-state index is 12.5. The Kier molecular flexibility index (Phi) is 3.45. The minimum absolute atomic E-state index is 0.153. The predicted octanol–water partition coefficient (Wildman–Crippen LogP) is 4.47. The number of benzene rings is 1. The summed E-state index contributed by atoms with van der Waals surface area (Å²) in [4.78, 5) is 17.6. The normalized spacial score (nSPS) is 25.6. The summed E-state index contributed by atoms with van der Waals surface area (Å²) in [6.45, 7) is 4.08. The highest BCUT2D eigenvalue weighted by Crippen LogP contribution is 2.57. The monoisotopic (exact) mass is 390 g/mol. The quantitative estimate of drug-likeness (QED) is 0.769. The first-order valence-electron chi connectivity index (χ1n) is 7.69. The topological polar surface area (TPSA) is 50.7 Å². The number of fused-ring (bicyclic) bond motifs is 2. The van der Waals surface area contributed by atoms with Gasteiger partial charge < -0.3 is 10.1 Å². The van der Waals surface area contributed by atoms with Gasteiger partial charge in [-0.25, -0.2) is 0 Å². The van der Waals surface area contributed by atoms with Crippen molar-refractivity contribution in [1.29, 1.82) is 0 Å². The van der Waals surface area contributed by atoms with E-state index in [1.54, 1.807) is 0 Å². The molecule has 0 aromatic heterocycles. The number of aliphatic imine (C=N–C) groups is 1. The SMILES string of the molecule is CC1(C)C2=Nc3cc(Cl)c(OC(F)(F)F)cc3SC2C(=O)NC12CC2. The molecule has 1 saturated heterocycles. The smallest absolute Gasteiger partial charge is 0.404 e. The van der Waals surface area contributed by atoms with Crippen LogP contribution in [0.1, 0.15) is 26.7 Å². The standard InChI is InChI=1S/C16H14ClF3N2O2S/c1-14(2)12-11(13(23)22-15(14)3-4-15)25-10-6-9(24-16(18,19)20)7(17)5-8(10)21-12/h5-6,11H,3-4H2,1-2H3,(H,22,23). The van der Waals surface area contributed by atoms with E-state index in [0.717, 1.165) is 18.6 Å². The average molecular weight is 391 g/mol. The first kappa shape index (κ1) is 17.0.